The van der Waals surface area contributed by atoms with E-state index in [1.807, 2.05) is 19.1 Å². The number of rotatable bonds is 4. The monoisotopic (exact) mass is 294 g/mol. The number of nitrogens with two attached hydrogens (primary N) is 1. The van der Waals surface area contributed by atoms with Crippen molar-refractivity contribution in [3.63, 3.8) is 0 Å². The number of methoxy groups -OCH3 is 1. The summed E-state index contributed by atoms with van der Waals surface area (Å²) >= 11 is 1.52. The normalized spacial score (nSPS) is 17.8. The van der Waals surface area contributed by atoms with Crippen molar-refractivity contribution in [1.29, 1.82) is 0 Å². The summed E-state index contributed by atoms with van der Waals surface area (Å²) in [7, 11) is 1.37. The topological polar surface area (TPSA) is 72.6 Å². The van der Waals surface area contributed by atoms with Crippen LogP contribution in [0.1, 0.15) is 19.8 Å². The standard InChI is InChI=1S/C14H18N2O3S/c1-9-14(18)16(7-3-4-13(17)19-2)11-6-5-10(15)8-12(11)20-9/h5-6,8-9H,3-4,7,15H2,1-2H3. The summed E-state index contributed by atoms with van der Waals surface area (Å²) < 4.78 is 4.61. The average Bonchev–Trinajstić information content (AvgIpc) is 2.42. The van der Waals surface area contributed by atoms with Gasteiger partial charge < -0.3 is 15.4 Å². The van der Waals surface area contributed by atoms with Crippen LogP contribution < -0.4 is 10.6 Å². The number of hydrogen-bond donors (Lipinski definition) is 1. The van der Waals surface area contributed by atoms with Gasteiger partial charge in [-0.2, -0.15) is 0 Å². The molecule has 0 bridgehead atoms. The van der Waals surface area contributed by atoms with Gasteiger partial charge in [-0.3, -0.25) is 9.59 Å². The highest BCUT2D eigenvalue weighted by molar-refractivity contribution is 8.01. The second-order valence-corrected chi connectivity index (χ2v) is 6.04. The van der Waals surface area contributed by atoms with Crippen molar-refractivity contribution < 1.29 is 14.3 Å². The number of thioether (sulfide) groups is 1. The molecule has 2 N–H and O–H groups in total. The minimum absolute atomic E-state index is 0.0668. The Bertz CT molecular complexity index is 533. The number of nitrogens with zero attached hydrogens (tertiary/aromatic N) is 1. The first-order valence-corrected chi connectivity index (χ1v) is 7.35. The number of nitrogen functional groups attached to an aromatic ring is 1. The predicted molar refractivity (Wildman–Crippen MR) is 79.8 cm³/mol. The minimum Gasteiger partial charge on any atom is -0.469 e. The Morgan fingerprint density at radius 1 is 1.50 bits per heavy atom. The van der Waals surface area contributed by atoms with Gasteiger partial charge in [-0.25, -0.2) is 0 Å². The molecule has 1 heterocycles. The summed E-state index contributed by atoms with van der Waals surface area (Å²) in [6.07, 6.45) is 0.895. The molecule has 2 rings (SSSR count). The van der Waals surface area contributed by atoms with E-state index in [9.17, 15) is 9.59 Å². The fourth-order valence-corrected chi connectivity index (χ4v) is 3.25. The highest BCUT2D eigenvalue weighted by Gasteiger charge is 2.30. The van der Waals surface area contributed by atoms with Crippen LogP contribution in [-0.2, 0) is 14.3 Å². The van der Waals surface area contributed by atoms with Crippen LogP contribution in [0.25, 0.3) is 0 Å². The Kier molecular flexibility index (Phi) is 4.54. The lowest BCUT2D eigenvalue weighted by molar-refractivity contribution is -0.140. The highest BCUT2D eigenvalue weighted by atomic mass is 32.2. The van der Waals surface area contributed by atoms with Crippen molar-refractivity contribution in [2.24, 2.45) is 0 Å². The second-order valence-electron chi connectivity index (χ2n) is 4.66. The van der Waals surface area contributed by atoms with Crippen LogP contribution in [0.3, 0.4) is 0 Å². The van der Waals surface area contributed by atoms with Gasteiger partial charge in [-0.15, -0.1) is 11.8 Å². The maximum absolute atomic E-state index is 12.3. The zero-order valence-corrected chi connectivity index (χ0v) is 12.4. The second kappa shape index (κ2) is 6.17. The van der Waals surface area contributed by atoms with Crippen molar-refractivity contribution in [1.82, 2.24) is 0 Å². The van der Waals surface area contributed by atoms with Crippen molar-refractivity contribution in [2.45, 2.75) is 29.9 Å². The van der Waals surface area contributed by atoms with Gasteiger partial charge in [0.2, 0.25) is 5.91 Å². The number of carbonyl (C=O) groups is 2. The molecule has 1 aromatic rings. The third-order valence-corrected chi connectivity index (χ3v) is 4.32. The van der Waals surface area contributed by atoms with Crippen LogP contribution in [-0.4, -0.2) is 30.8 Å². The molecule has 1 aliphatic rings. The molecule has 1 atom stereocenters. The van der Waals surface area contributed by atoms with E-state index in [-0.39, 0.29) is 17.1 Å². The van der Waals surface area contributed by atoms with Crippen LogP contribution >= 0.6 is 11.8 Å². The van der Waals surface area contributed by atoms with Crippen molar-refractivity contribution in [3.05, 3.63) is 18.2 Å². The van der Waals surface area contributed by atoms with E-state index in [2.05, 4.69) is 4.74 Å². The van der Waals surface area contributed by atoms with Gasteiger partial charge >= 0.3 is 5.97 Å². The van der Waals surface area contributed by atoms with E-state index < -0.39 is 0 Å². The Morgan fingerprint density at radius 2 is 2.25 bits per heavy atom. The van der Waals surface area contributed by atoms with Crippen LogP contribution in [0.5, 0.6) is 0 Å². The Morgan fingerprint density at radius 3 is 2.95 bits per heavy atom. The highest BCUT2D eigenvalue weighted by Crippen LogP contribution is 2.40. The lowest BCUT2D eigenvalue weighted by Gasteiger charge is -2.32. The zero-order valence-electron chi connectivity index (χ0n) is 11.6. The SMILES string of the molecule is COC(=O)CCCN1C(=O)C(C)Sc2cc(N)ccc21. The van der Waals surface area contributed by atoms with E-state index in [1.54, 1.807) is 11.0 Å². The molecule has 0 fully saturated rings. The van der Waals surface area contributed by atoms with Crippen LogP contribution in [0.2, 0.25) is 0 Å². The quantitative estimate of drug-likeness (QED) is 0.679. The molecule has 0 spiro atoms. The molecule has 1 aromatic carbocycles. The maximum atomic E-state index is 12.3. The van der Waals surface area contributed by atoms with Crippen LogP contribution in [0, 0.1) is 0 Å². The van der Waals surface area contributed by atoms with E-state index in [0.29, 0.717) is 25.1 Å². The summed E-state index contributed by atoms with van der Waals surface area (Å²) in [5, 5.41) is -0.137. The van der Waals surface area contributed by atoms with E-state index in [1.165, 1.54) is 18.9 Å². The molecular formula is C14H18N2O3S. The van der Waals surface area contributed by atoms with Crippen molar-refractivity contribution >= 4 is 35.0 Å². The van der Waals surface area contributed by atoms with Gasteiger partial charge in [0.15, 0.2) is 0 Å². The van der Waals surface area contributed by atoms with Gasteiger partial charge in [0.1, 0.15) is 0 Å². The van der Waals surface area contributed by atoms with E-state index in [4.69, 9.17) is 5.73 Å². The molecule has 0 aliphatic carbocycles. The molecule has 0 radical (unpaired) electrons. The molecule has 1 unspecified atom stereocenters. The van der Waals surface area contributed by atoms with Crippen molar-refractivity contribution in [3.8, 4) is 0 Å². The molecular weight excluding hydrogens is 276 g/mol. The van der Waals surface area contributed by atoms with Crippen molar-refractivity contribution in [2.75, 3.05) is 24.3 Å². The first-order valence-electron chi connectivity index (χ1n) is 6.47. The molecule has 6 heteroatoms. The number of amides is 1. The zero-order chi connectivity index (χ0) is 14.7. The molecule has 20 heavy (non-hydrogen) atoms. The van der Waals surface area contributed by atoms with Gasteiger partial charge in [0, 0.05) is 23.5 Å². The number of benzene rings is 1. The molecule has 1 amide bonds. The number of anilines is 2. The summed E-state index contributed by atoms with van der Waals surface area (Å²) in [5.74, 6) is -0.188. The Hall–Kier alpha value is -1.69. The number of fused-ring (bicyclic) bond motifs is 1. The summed E-state index contributed by atoms with van der Waals surface area (Å²) in [5.41, 5.74) is 7.35. The van der Waals surface area contributed by atoms with Gasteiger partial charge in [-0.05, 0) is 31.5 Å². The fraction of sp³-hybridized carbons (Fsp3) is 0.429. The molecule has 0 saturated heterocycles. The third-order valence-electron chi connectivity index (χ3n) is 3.18. The molecule has 108 valence electrons. The number of ether oxygens (including phenoxy) is 1. The average molecular weight is 294 g/mol. The molecule has 0 aromatic heterocycles. The van der Waals surface area contributed by atoms with Gasteiger partial charge in [0.05, 0.1) is 18.0 Å². The van der Waals surface area contributed by atoms with E-state index >= 15 is 0 Å². The minimum atomic E-state index is -0.255. The molecule has 1 aliphatic heterocycles. The fourth-order valence-electron chi connectivity index (χ4n) is 2.14. The molecule has 5 nitrogen and oxygen atoms in total. The smallest absolute Gasteiger partial charge is 0.305 e. The number of carbonyl (C=O) groups excluding carboxylic acids is 2. The van der Waals surface area contributed by atoms with E-state index in [0.717, 1.165) is 10.6 Å². The summed E-state index contributed by atoms with van der Waals surface area (Å²) in [6, 6.07) is 5.53. The Labute approximate surface area is 122 Å². The van der Waals surface area contributed by atoms with Gasteiger partial charge in [0.25, 0.3) is 0 Å². The van der Waals surface area contributed by atoms with Crippen LogP contribution in [0.15, 0.2) is 23.1 Å². The predicted octanol–water partition coefficient (Wildman–Crippen LogP) is 2.05. The largest absolute Gasteiger partial charge is 0.469 e. The first kappa shape index (κ1) is 14.7. The lowest BCUT2D eigenvalue weighted by Crippen LogP contribution is -2.40. The molecule has 0 saturated carbocycles. The van der Waals surface area contributed by atoms with Gasteiger partial charge in [-0.1, -0.05) is 0 Å². The Balaban J connectivity index is 2.15. The lowest BCUT2D eigenvalue weighted by atomic mass is 10.2. The summed E-state index contributed by atoms with van der Waals surface area (Å²) in [6.45, 7) is 2.39. The number of esters is 1. The maximum Gasteiger partial charge on any atom is 0.305 e. The summed E-state index contributed by atoms with van der Waals surface area (Å²) in [4.78, 5) is 26.2. The first-order chi connectivity index (χ1) is 9.52. The number of hydrogen-bond acceptors (Lipinski definition) is 5. The third kappa shape index (κ3) is 3.07. The van der Waals surface area contributed by atoms with Crippen LogP contribution in [0.4, 0.5) is 11.4 Å².